The second-order valence-corrected chi connectivity index (χ2v) is 1.54. The molecule has 1 amide bonds. The molecular formula is C7H8N2O. The third kappa shape index (κ3) is 1.31. The predicted molar refractivity (Wildman–Crippen MR) is 37.6 cm³/mol. The van der Waals surface area contributed by atoms with E-state index in [-0.39, 0.29) is 5.56 Å². The van der Waals surface area contributed by atoms with E-state index in [1.54, 1.807) is 0 Å². The summed E-state index contributed by atoms with van der Waals surface area (Å²) >= 11 is 0. The molecule has 0 spiro atoms. The Bertz CT molecular complexity index is 368. The molecule has 0 bridgehead atoms. The maximum absolute atomic E-state index is 11.2. The lowest BCUT2D eigenvalue weighted by molar-refractivity contribution is 0.0963. The summed E-state index contributed by atoms with van der Waals surface area (Å²) in [7, 11) is 1.36. The first-order valence-electron chi connectivity index (χ1n) is 4.65. The SMILES string of the molecule is [2H]c1nc([2H])c([2H])c(C(=O)NC)c1[2H]. The quantitative estimate of drug-likeness (QED) is 0.615. The first-order valence-corrected chi connectivity index (χ1v) is 2.65. The van der Waals surface area contributed by atoms with Gasteiger partial charge in [0.2, 0.25) is 0 Å². The molecule has 0 aliphatic rings. The number of carbonyl (C=O) groups excluding carboxylic acids is 1. The number of rotatable bonds is 1. The zero-order chi connectivity index (χ0) is 10.9. The largest absolute Gasteiger partial charge is 0.355 e. The zero-order valence-corrected chi connectivity index (χ0v) is 5.36. The number of hydrogen-bond donors (Lipinski definition) is 1. The molecule has 1 aromatic heterocycles. The molecule has 0 radical (unpaired) electrons. The maximum atomic E-state index is 11.2. The third-order valence-electron chi connectivity index (χ3n) is 0.928. The smallest absolute Gasteiger partial charge is 0.251 e. The van der Waals surface area contributed by atoms with Crippen molar-refractivity contribution in [3.8, 4) is 0 Å². The summed E-state index contributed by atoms with van der Waals surface area (Å²) in [6.07, 6.45) is -0.936. The number of nitrogens with zero attached hydrogens (tertiary/aromatic N) is 1. The van der Waals surface area contributed by atoms with E-state index in [1.165, 1.54) is 7.05 Å². The summed E-state index contributed by atoms with van der Waals surface area (Å²) in [5, 5.41) is 2.24. The van der Waals surface area contributed by atoms with Crippen LogP contribution >= 0.6 is 0 Å². The predicted octanol–water partition coefficient (Wildman–Crippen LogP) is 0.441. The molecule has 0 fully saturated rings. The van der Waals surface area contributed by atoms with Crippen molar-refractivity contribution in [3.63, 3.8) is 0 Å². The van der Waals surface area contributed by atoms with Gasteiger partial charge in [-0.3, -0.25) is 9.78 Å². The number of hydrogen-bond acceptors (Lipinski definition) is 2. The van der Waals surface area contributed by atoms with E-state index in [0.717, 1.165) is 0 Å². The lowest BCUT2D eigenvalue weighted by Gasteiger charge is -1.95. The Morgan fingerprint density at radius 1 is 1.70 bits per heavy atom. The molecule has 3 heteroatoms. The minimum Gasteiger partial charge on any atom is -0.355 e. The van der Waals surface area contributed by atoms with E-state index in [1.807, 2.05) is 0 Å². The Morgan fingerprint density at radius 2 is 2.30 bits per heavy atom. The number of amides is 1. The summed E-state index contributed by atoms with van der Waals surface area (Å²) in [5.74, 6) is -0.649. The minimum atomic E-state index is -0.649. The van der Waals surface area contributed by atoms with Gasteiger partial charge >= 0.3 is 0 Å². The lowest BCUT2D eigenvalue weighted by Crippen LogP contribution is -2.17. The molecule has 0 aliphatic carbocycles. The fourth-order valence-electron chi connectivity index (χ4n) is 0.465. The number of aromatic nitrogens is 1. The highest BCUT2D eigenvalue weighted by molar-refractivity contribution is 5.93. The Balaban J connectivity index is 3.47. The Morgan fingerprint density at radius 3 is 2.80 bits per heavy atom. The van der Waals surface area contributed by atoms with E-state index in [4.69, 9.17) is 5.48 Å². The fourth-order valence-corrected chi connectivity index (χ4v) is 0.465. The van der Waals surface area contributed by atoms with Crippen LogP contribution in [0.1, 0.15) is 15.8 Å². The van der Waals surface area contributed by atoms with Crippen LogP contribution in [0.4, 0.5) is 0 Å². The molecule has 0 aromatic carbocycles. The lowest BCUT2D eigenvalue weighted by atomic mass is 10.2. The van der Waals surface area contributed by atoms with Crippen molar-refractivity contribution in [3.05, 3.63) is 30.0 Å². The molecule has 0 aliphatic heterocycles. The van der Waals surface area contributed by atoms with Crippen LogP contribution in [-0.4, -0.2) is 17.9 Å². The highest BCUT2D eigenvalue weighted by Gasteiger charge is 1.98. The molecule has 0 unspecified atom stereocenters. The van der Waals surface area contributed by atoms with E-state index < -0.39 is 30.3 Å². The summed E-state index contributed by atoms with van der Waals surface area (Å²) in [6.45, 7) is 0. The number of pyridine rings is 1. The van der Waals surface area contributed by atoms with Gasteiger partial charge in [-0.2, -0.15) is 0 Å². The van der Waals surface area contributed by atoms with Gasteiger partial charge in [-0.15, -0.1) is 0 Å². The van der Waals surface area contributed by atoms with Gasteiger partial charge in [0.25, 0.3) is 5.91 Å². The molecule has 52 valence electrons. The third-order valence-corrected chi connectivity index (χ3v) is 0.928. The molecule has 3 nitrogen and oxygen atoms in total. The zero-order valence-electron chi connectivity index (χ0n) is 9.36. The maximum Gasteiger partial charge on any atom is 0.251 e. The van der Waals surface area contributed by atoms with Crippen LogP contribution in [0.2, 0.25) is 0 Å². The molecule has 1 heterocycles. The molecule has 0 atom stereocenters. The number of nitrogens with one attached hydrogen (secondary N) is 1. The van der Waals surface area contributed by atoms with Crippen LogP contribution in [0, 0.1) is 0 Å². The summed E-state index contributed by atoms with van der Waals surface area (Å²) < 4.78 is 29.1. The molecule has 0 saturated carbocycles. The standard InChI is InChI=1S/C7H8N2O/c1-8-7(10)6-2-4-9-5-3-6/h2-5H,1H3,(H,8,10)/i2D,3D,4D,5D. The van der Waals surface area contributed by atoms with Crippen molar-refractivity contribution in [2.75, 3.05) is 7.05 Å². The monoisotopic (exact) mass is 140 g/mol. The van der Waals surface area contributed by atoms with Crippen LogP contribution in [0.15, 0.2) is 24.4 Å². The Kier molecular flexibility index (Phi) is 0.931. The molecule has 1 N–H and O–H groups in total. The van der Waals surface area contributed by atoms with Crippen LogP contribution in [0.25, 0.3) is 0 Å². The van der Waals surface area contributed by atoms with Crippen LogP contribution in [-0.2, 0) is 0 Å². The number of carbonyl (C=O) groups is 1. The Hall–Kier alpha value is -1.38. The summed E-state index contributed by atoms with van der Waals surface area (Å²) in [6, 6.07) is -0.851. The molecule has 10 heavy (non-hydrogen) atoms. The van der Waals surface area contributed by atoms with E-state index in [9.17, 15) is 4.79 Å². The fraction of sp³-hybridized carbons (Fsp3) is 0.143. The van der Waals surface area contributed by atoms with E-state index in [2.05, 4.69) is 10.3 Å². The normalized spacial score (nSPS) is 14.5. The minimum absolute atomic E-state index is 0.280. The molecule has 1 aromatic rings. The van der Waals surface area contributed by atoms with Crippen LogP contribution in [0.5, 0.6) is 0 Å². The van der Waals surface area contributed by atoms with Gasteiger partial charge in [-0.1, -0.05) is 0 Å². The van der Waals surface area contributed by atoms with Gasteiger partial charge in [0.1, 0.15) is 0 Å². The molecule has 1 rings (SSSR count). The second-order valence-electron chi connectivity index (χ2n) is 1.54. The van der Waals surface area contributed by atoms with Gasteiger partial charge in [-0.05, 0) is 12.1 Å². The van der Waals surface area contributed by atoms with Gasteiger partial charge < -0.3 is 5.32 Å². The van der Waals surface area contributed by atoms with Gasteiger partial charge in [-0.25, -0.2) is 0 Å². The highest BCUT2D eigenvalue weighted by Crippen LogP contribution is 1.93. The average molecular weight is 140 g/mol. The highest BCUT2D eigenvalue weighted by atomic mass is 16.1. The molecule has 0 saturated heterocycles. The van der Waals surface area contributed by atoms with Gasteiger partial charge in [0, 0.05) is 25.0 Å². The summed E-state index contributed by atoms with van der Waals surface area (Å²) in [5.41, 5.74) is -0.280. The summed E-state index contributed by atoms with van der Waals surface area (Å²) in [4.78, 5) is 14.5. The average Bonchev–Trinajstić information content (AvgIpc) is 2.15. The van der Waals surface area contributed by atoms with Crippen molar-refractivity contribution in [2.24, 2.45) is 0 Å². The van der Waals surface area contributed by atoms with E-state index in [0.29, 0.717) is 0 Å². The van der Waals surface area contributed by atoms with Gasteiger partial charge in [0.15, 0.2) is 0 Å². The van der Waals surface area contributed by atoms with E-state index >= 15 is 0 Å². The van der Waals surface area contributed by atoms with Gasteiger partial charge in [0.05, 0.1) is 5.48 Å². The second kappa shape index (κ2) is 2.96. The topological polar surface area (TPSA) is 42.0 Å². The van der Waals surface area contributed by atoms with Crippen molar-refractivity contribution in [2.45, 2.75) is 0 Å². The first kappa shape index (κ1) is 3.14. The van der Waals surface area contributed by atoms with Crippen molar-refractivity contribution in [1.82, 2.24) is 10.3 Å². The molecular weight excluding hydrogens is 128 g/mol. The van der Waals surface area contributed by atoms with Crippen LogP contribution < -0.4 is 5.32 Å². The van der Waals surface area contributed by atoms with Crippen LogP contribution in [0.3, 0.4) is 0 Å². The van der Waals surface area contributed by atoms with Crippen molar-refractivity contribution >= 4 is 5.91 Å². The first-order chi connectivity index (χ1) is 6.49. The van der Waals surface area contributed by atoms with Crippen molar-refractivity contribution in [1.29, 1.82) is 0 Å². The van der Waals surface area contributed by atoms with Crippen molar-refractivity contribution < 1.29 is 10.3 Å². The Labute approximate surface area is 64.7 Å².